The van der Waals surface area contributed by atoms with Gasteiger partial charge in [0.2, 0.25) is 5.91 Å². The molecule has 1 aliphatic carbocycles. The summed E-state index contributed by atoms with van der Waals surface area (Å²) in [5.41, 5.74) is -0.543. The van der Waals surface area contributed by atoms with E-state index >= 15 is 0 Å². The molecule has 0 aromatic heterocycles. The van der Waals surface area contributed by atoms with Gasteiger partial charge in [-0.25, -0.2) is 4.79 Å². The highest BCUT2D eigenvalue weighted by Crippen LogP contribution is 2.58. The molecule has 0 radical (unpaired) electrons. The van der Waals surface area contributed by atoms with Crippen LogP contribution in [0.2, 0.25) is 0 Å². The largest absolute Gasteiger partial charge is 0.481 e. The summed E-state index contributed by atoms with van der Waals surface area (Å²) in [6.07, 6.45) is 0.454. The molecular formula is C11H15NO5. The van der Waals surface area contributed by atoms with E-state index in [-0.39, 0.29) is 5.91 Å². The maximum atomic E-state index is 11.9. The predicted octanol–water partition coefficient (Wildman–Crippen LogP) is -0.225. The number of rotatable bonds is 3. The molecule has 17 heavy (non-hydrogen) atoms. The van der Waals surface area contributed by atoms with Crippen LogP contribution in [0.1, 0.15) is 20.3 Å². The van der Waals surface area contributed by atoms with Gasteiger partial charge in [0.05, 0.1) is 18.4 Å². The first-order valence-corrected chi connectivity index (χ1v) is 5.55. The van der Waals surface area contributed by atoms with E-state index in [2.05, 4.69) is 5.32 Å². The van der Waals surface area contributed by atoms with Crippen molar-refractivity contribution in [3.8, 4) is 0 Å². The molecule has 1 heterocycles. The van der Waals surface area contributed by atoms with Gasteiger partial charge in [0, 0.05) is 6.42 Å². The van der Waals surface area contributed by atoms with Gasteiger partial charge in [-0.15, -0.1) is 0 Å². The topological polar surface area (TPSA) is 92.7 Å². The summed E-state index contributed by atoms with van der Waals surface area (Å²) in [5.74, 6) is -3.01. The first-order valence-electron chi connectivity index (χ1n) is 5.55. The van der Waals surface area contributed by atoms with E-state index in [1.807, 2.05) is 0 Å². The van der Waals surface area contributed by atoms with E-state index in [0.29, 0.717) is 13.0 Å². The van der Waals surface area contributed by atoms with Crippen LogP contribution in [0.5, 0.6) is 0 Å². The average Bonchev–Trinajstić information content (AvgIpc) is 2.58. The molecule has 3 unspecified atom stereocenters. The highest BCUT2D eigenvalue weighted by molar-refractivity contribution is 5.94. The van der Waals surface area contributed by atoms with Crippen LogP contribution in [-0.4, -0.2) is 35.6 Å². The fourth-order valence-corrected chi connectivity index (χ4v) is 2.48. The number of amides is 1. The molecule has 0 spiro atoms. The number of hydrogen-bond acceptors (Lipinski definition) is 4. The number of cyclic esters (lactones) is 1. The van der Waals surface area contributed by atoms with Crippen molar-refractivity contribution in [1.82, 2.24) is 5.32 Å². The lowest BCUT2D eigenvalue weighted by Crippen LogP contribution is -2.39. The third-order valence-corrected chi connectivity index (χ3v) is 3.63. The third kappa shape index (κ3) is 1.87. The summed E-state index contributed by atoms with van der Waals surface area (Å²) in [6, 6.07) is -0.617. The van der Waals surface area contributed by atoms with E-state index in [1.54, 1.807) is 13.8 Å². The van der Waals surface area contributed by atoms with Crippen molar-refractivity contribution in [3.63, 3.8) is 0 Å². The van der Waals surface area contributed by atoms with Crippen LogP contribution >= 0.6 is 0 Å². The fourth-order valence-electron chi connectivity index (χ4n) is 2.48. The summed E-state index contributed by atoms with van der Waals surface area (Å²) in [7, 11) is 0. The Morgan fingerprint density at radius 1 is 1.41 bits per heavy atom. The van der Waals surface area contributed by atoms with E-state index in [1.165, 1.54) is 0 Å². The second kappa shape index (κ2) is 3.72. The van der Waals surface area contributed by atoms with Crippen LogP contribution in [0.15, 0.2) is 0 Å². The smallest absolute Gasteiger partial charge is 0.328 e. The Balaban J connectivity index is 1.98. The molecule has 94 valence electrons. The standard InChI is InChI=1S/C11H15NO5/c1-11(2)6(7(11)9(14)15)8(13)12-5-3-4-17-10(5)16/h5-7H,3-4H2,1-2H3,(H,12,13)(H,14,15). The van der Waals surface area contributed by atoms with E-state index in [0.717, 1.165) is 0 Å². The Morgan fingerprint density at radius 2 is 2.06 bits per heavy atom. The lowest BCUT2D eigenvalue weighted by atomic mass is 10.1. The number of carboxylic acids is 1. The van der Waals surface area contributed by atoms with E-state index in [9.17, 15) is 14.4 Å². The van der Waals surface area contributed by atoms with Gasteiger partial charge in [-0.05, 0) is 5.41 Å². The van der Waals surface area contributed by atoms with E-state index in [4.69, 9.17) is 9.84 Å². The Labute approximate surface area is 98.3 Å². The Bertz CT molecular complexity index is 389. The van der Waals surface area contributed by atoms with Crippen molar-refractivity contribution < 1.29 is 24.2 Å². The SMILES string of the molecule is CC1(C)C(C(=O)O)C1C(=O)NC1CCOC1=O. The Morgan fingerprint density at radius 3 is 2.47 bits per heavy atom. The number of ether oxygens (including phenoxy) is 1. The third-order valence-electron chi connectivity index (χ3n) is 3.63. The molecule has 2 N–H and O–H groups in total. The molecule has 0 aromatic carbocycles. The first kappa shape index (κ1) is 11.9. The molecule has 0 bridgehead atoms. The van der Waals surface area contributed by atoms with Crippen LogP contribution < -0.4 is 5.32 Å². The summed E-state index contributed by atoms with van der Waals surface area (Å²) < 4.78 is 4.72. The molecule has 6 heteroatoms. The highest BCUT2D eigenvalue weighted by Gasteiger charge is 2.66. The van der Waals surface area contributed by atoms with Gasteiger partial charge in [0.15, 0.2) is 0 Å². The highest BCUT2D eigenvalue weighted by atomic mass is 16.5. The molecule has 1 aliphatic heterocycles. The van der Waals surface area contributed by atoms with Gasteiger partial charge in [0.1, 0.15) is 6.04 Å². The van der Waals surface area contributed by atoms with Gasteiger partial charge in [0.25, 0.3) is 0 Å². The molecule has 2 fully saturated rings. The lowest BCUT2D eigenvalue weighted by Gasteiger charge is -2.09. The normalized spacial score (nSPS) is 34.0. The maximum Gasteiger partial charge on any atom is 0.328 e. The van der Waals surface area contributed by atoms with Crippen LogP contribution in [0.25, 0.3) is 0 Å². The predicted molar refractivity (Wildman–Crippen MR) is 55.9 cm³/mol. The zero-order valence-corrected chi connectivity index (χ0v) is 9.73. The van der Waals surface area contributed by atoms with Crippen LogP contribution in [0.4, 0.5) is 0 Å². The first-order chi connectivity index (χ1) is 7.85. The summed E-state index contributed by atoms with van der Waals surface area (Å²) >= 11 is 0. The zero-order chi connectivity index (χ0) is 12.8. The fraction of sp³-hybridized carbons (Fsp3) is 0.727. The van der Waals surface area contributed by atoms with Gasteiger partial charge >= 0.3 is 11.9 Å². The molecule has 1 saturated carbocycles. The molecular weight excluding hydrogens is 226 g/mol. The van der Waals surface area contributed by atoms with Crippen molar-refractivity contribution in [1.29, 1.82) is 0 Å². The molecule has 0 aromatic rings. The molecule has 2 aliphatic rings. The molecule has 3 atom stereocenters. The monoisotopic (exact) mass is 241 g/mol. The molecule has 6 nitrogen and oxygen atoms in total. The summed E-state index contributed by atoms with van der Waals surface area (Å²) in [4.78, 5) is 34.0. The van der Waals surface area contributed by atoms with Crippen molar-refractivity contribution >= 4 is 17.8 Å². The molecule has 1 saturated heterocycles. The minimum atomic E-state index is -0.968. The van der Waals surface area contributed by atoms with E-state index < -0.39 is 35.2 Å². The number of hydrogen-bond donors (Lipinski definition) is 2. The van der Waals surface area contributed by atoms with Gasteiger partial charge < -0.3 is 15.2 Å². The number of carbonyl (C=O) groups is 3. The maximum absolute atomic E-state index is 11.9. The number of aliphatic carboxylic acids is 1. The second-order valence-electron chi connectivity index (χ2n) is 5.13. The van der Waals surface area contributed by atoms with Crippen LogP contribution in [-0.2, 0) is 19.1 Å². The summed E-state index contributed by atoms with van der Waals surface area (Å²) in [6.45, 7) is 3.78. The lowest BCUT2D eigenvalue weighted by molar-refractivity contribution is -0.142. The number of nitrogens with one attached hydrogen (secondary N) is 1. The number of carbonyl (C=O) groups excluding carboxylic acids is 2. The van der Waals surface area contributed by atoms with Gasteiger partial charge in [-0.3, -0.25) is 9.59 Å². The minimum Gasteiger partial charge on any atom is -0.481 e. The average molecular weight is 241 g/mol. The van der Waals surface area contributed by atoms with Crippen molar-refractivity contribution in [2.75, 3.05) is 6.61 Å². The minimum absolute atomic E-state index is 0.306. The Hall–Kier alpha value is -1.59. The van der Waals surface area contributed by atoms with Crippen molar-refractivity contribution in [2.24, 2.45) is 17.3 Å². The Kier molecular flexibility index (Phi) is 2.60. The van der Waals surface area contributed by atoms with Crippen molar-refractivity contribution in [3.05, 3.63) is 0 Å². The number of esters is 1. The zero-order valence-electron chi connectivity index (χ0n) is 9.73. The van der Waals surface area contributed by atoms with Crippen molar-refractivity contribution in [2.45, 2.75) is 26.3 Å². The van der Waals surface area contributed by atoms with Gasteiger partial charge in [-0.1, -0.05) is 13.8 Å². The van der Waals surface area contributed by atoms with Gasteiger partial charge in [-0.2, -0.15) is 0 Å². The number of carboxylic acid groups (broad SMARTS) is 1. The second-order valence-corrected chi connectivity index (χ2v) is 5.13. The molecule has 1 amide bonds. The van der Waals surface area contributed by atoms with Crippen LogP contribution in [0, 0.1) is 17.3 Å². The quantitative estimate of drug-likeness (QED) is 0.666. The molecule has 2 rings (SSSR count). The summed E-state index contributed by atoms with van der Waals surface area (Å²) in [5, 5.41) is 11.5. The van der Waals surface area contributed by atoms with Crippen LogP contribution in [0.3, 0.4) is 0 Å².